The van der Waals surface area contributed by atoms with Crippen molar-refractivity contribution in [3.05, 3.63) is 0 Å². The molecule has 0 aromatic heterocycles. The van der Waals surface area contributed by atoms with Crippen LogP contribution in [0, 0.1) is 17.8 Å². The molecule has 144 valence electrons. The topological polar surface area (TPSA) is 170 Å². The van der Waals surface area contributed by atoms with Gasteiger partial charge in [0, 0.05) is 13.6 Å². The number of aliphatic hydroxyl groups excluding tert-OH is 1. The largest absolute Gasteiger partial charge is 0.480 e. The lowest BCUT2D eigenvalue weighted by Gasteiger charge is -2.29. The molecule has 1 amide bonds. The number of carbonyl (C=O) groups excluding carboxylic acids is 1. The first kappa shape index (κ1) is 21.8. The van der Waals surface area contributed by atoms with Crippen LogP contribution < -0.4 is 11.5 Å². The summed E-state index contributed by atoms with van der Waals surface area (Å²) in [6, 6.07) is -0.995. The van der Waals surface area contributed by atoms with Crippen LogP contribution in [0.5, 0.6) is 0 Å². The van der Waals surface area contributed by atoms with Gasteiger partial charge < -0.3 is 36.6 Å². The lowest BCUT2D eigenvalue weighted by molar-refractivity contribution is -0.145. The average Bonchev–Trinajstić information content (AvgIpc) is 2.78. The summed E-state index contributed by atoms with van der Waals surface area (Å²) in [7, 11) is 0.146. The van der Waals surface area contributed by atoms with Crippen molar-refractivity contribution in [3.8, 4) is 0 Å². The molecule has 1 fully saturated rings. The van der Waals surface area contributed by atoms with Crippen LogP contribution in [0.4, 0.5) is 0 Å². The Morgan fingerprint density at radius 2 is 2.00 bits per heavy atom. The first-order chi connectivity index (χ1) is 11.5. The molecule has 0 heterocycles. The number of aliphatic carboxylic acids is 1. The molecule has 0 bridgehead atoms. The molecule has 9 nitrogen and oxygen atoms in total. The van der Waals surface area contributed by atoms with Gasteiger partial charge in [-0.1, -0.05) is 13.3 Å². The summed E-state index contributed by atoms with van der Waals surface area (Å²) in [5.74, 6) is -2.00. The van der Waals surface area contributed by atoms with Crippen molar-refractivity contribution in [2.75, 3.05) is 20.2 Å². The van der Waals surface area contributed by atoms with Crippen LogP contribution in [0.1, 0.15) is 26.2 Å². The minimum absolute atomic E-state index is 0.0578. The minimum atomic E-state index is -1.42. The smallest absolute Gasteiger partial charge is 0.451 e. The Morgan fingerprint density at radius 1 is 1.40 bits per heavy atom. The van der Waals surface area contributed by atoms with Gasteiger partial charge in [-0.05, 0) is 36.9 Å². The first-order valence-electron chi connectivity index (χ1n) is 8.54. The first-order valence-corrected chi connectivity index (χ1v) is 8.54. The van der Waals surface area contributed by atoms with E-state index in [9.17, 15) is 14.7 Å². The molecule has 0 aliphatic heterocycles. The zero-order valence-electron chi connectivity index (χ0n) is 14.8. The Balaban J connectivity index is 2.83. The summed E-state index contributed by atoms with van der Waals surface area (Å²) in [4.78, 5) is 25.2. The summed E-state index contributed by atoms with van der Waals surface area (Å²) >= 11 is 0. The SMILES string of the molecule is C[C@@H]1[C@H](CN(C)C(=O)[C@@H](N)CO)C[C@@](N)(C(=O)O)[C@H]1CCCB(O)O. The highest BCUT2D eigenvalue weighted by molar-refractivity contribution is 6.40. The predicted molar refractivity (Wildman–Crippen MR) is 92.2 cm³/mol. The molecule has 0 unspecified atom stereocenters. The van der Waals surface area contributed by atoms with E-state index in [2.05, 4.69) is 0 Å². The van der Waals surface area contributed by atoms with E-state index in [4.69, 9.17) is 26.6 Å². The summed E-state index contributed by atoms with van der Waals surface area (Å²) < 4.78 is 0. The number of carboxylic acids is 1. The normalized spacial score (nSPS) is 30.1. The number of nitrogens with two attached hydrogens (primary N) is 2. The van der Waals surface area contributed by atoms with Gasteiger partial charge in [-0.15, -0.1) is 0 Å². The van der Waals surface area contributed by atoms with E-state index >= 15 is 0 Å². The molecule has 10 heteroatoms. The van der Waals surface area contributed by atoms with Crippen LogP contribution in [-0.4, -0.2) is 75.9 Å². The summed E-state index contributed by atoms with van der Waals surface area (Å²) in [6.07, 6.45) is 1.30. The number of carboxylic acid groups (broad SMARTS) is 1. The molecule has 8 N–H and O–H groups in total. The lowest BCUT2D eigenvalue weighted by atomic mass is 9.76. The van der Waals surface area contributed by atoms with E-state index < -0.39 is 37.2 Å². The molecule has 0 aromatic rings. The van der Waals surface area contributed by atoms with Gasteiger partial charge in [-0.25, -0.2) is 0 Å². The molecule has 25 heavy (non-hydrogen) atoms. The van der Waals surface area contributed by atoms with Crippen molar-refractivity contribution < 1.29 is 29.9 Å². The number of likely N-dealkylation sites (N-methyl/N-ethyl adjacent to an activating group) is 1. The highest BCUT2D eigenvalue weighted by atomic mass is 16.4. The van der Waals surface area contributed by atoms with Gasteiger partial charge in [0.05, 0.1) is 6.61 Å². The Kier molecular flexibility index (Phi) is 7.82. The van der Waals surface area contributed by atoms with Crippen molar-refractivity contribution >= 4 is 19.0 Å². The van der Waals surface area contributed by atoms with E-state index in [0.717, 1.165) is 0 Å². The van der Waals surface area contributed by atoms with Gasteiger partial charge in [0.1, 0.15) is 11.6 Å². The summed E-state index contributed by atoms with van der Waals surface area (Å²) in [5.41, 5.74) is 10.3. The third-order valence-corrected chi connectivity index (χ3v) is 5.41. The maximum atomic E-state index is 12.0. The third-order valence-electron chi connectivity index (χ3n) is 5.41. The van der Waals surface area contributed by atoms with Gasteiger partial charge in [-0.3, -0.25) is 9.59 Å². The van der Waals surface area contributed by atoms with Crippen molar-refractivity contribution in [3.63, 3.8) is 0 Å². The van der Waals surface area contributed by atoms with E-state index in [-0.39, 0.29) is 30.5 Å². The number of aliphatic hydroxyl groups is 1. The summed E-state index contributed by atoms with van der Waals surface area (Å²) in [5, 5.41) is 36.5. The molecule has 0 spiro atoms. The third kappa shape index (κ3) is 5.14. The minimum Gasteiger partial charge on any atom is -0.480 e. The van der Waals surface area contributed by atoms with E-state index in [1.54, 1.807) is 7.05 Å². The second-order valence-corrected chi connectivity index (χ2v) is 7.19. The van der Waals surface area contributed by atoms with Crippen molar-refractivity contribution in [1.29, 1.82) is 0 Å². The number of nitrogens with zero attached hydrogens (tertiary/aromatic N) is 1. The zero-order valence-corrected chi connectivity index (χ0v) is 14.8. The Hall–Kier alpha value is -1.20. The maximum absolute atomic E-state index is 12.0. The van der Waals surface area contributed by atoms with E-state index in [0.29, 0.717) is 19.4 Å². The second kappa shape index (κ2) is 8.95. The van der Waals surface area contributed by atoms with Gasteiger partial charge >= 0.3 is 13.1 Å². The Morgan fingerprint density at radius 3 is 2.48 bits per heavy atom. The number of amides is 1. The highest BCUT2D eigenvalue weighted by Gasteiger charge is 2.54. The zero-order chi connectivity index (χ0) is 19.4. The molecule has 1 aliphatic rings. The number of rotatable bonds is 9. The van der Waals surface area contributed by atoms with Crippen LogP contribution in [0.2, 0.25) is 6.32 Å². The Labute approximate surface area is 148 Å². The molecule has 5 atom stereocenters. The van der Waals surface area contributed by atoms with E-state index in [1.165, 1.54) is 4.90 Å². The fraction of sp³-hybridized carbons (Fsp3) is 0.867. The molecular formula is C15H30BN3O6. The van der Waals surface area contributed by atoms with Crippen LogP contribution in [-0.2, 0) is 9.59 Å². The lowest BCUT2D eigenvalue weighted by Crippen LogP contribution is -2.52. The maximum Gasteiger partial charge on any atom is 0.451 e. The molecule has 0 radical (unpaired) electrons. The number of carbonyl (C=O) groups is 2. The molecule has 1 saturated carbocycles. The Bertz CT molecular complexity index is 480. The fourth-order valence-corrected chi connectivity index (χ4v) is 3.89. The molecular weight excluding hydrogens is 329 g/mol. The van der Waals surface area contributed by atoms with Gasteiger partial charge in [0.25, 0.3) is 0 Å². The summed E-state index contributed by atoms with van der Waals surface area (Å²) in [6.45, 7) is 1.76. The number of hydrogen-bond acceptors (Lipinski definition) is 7. The standard InChI is InChI=1S/C15H30BN3O6/c1-9-10(7-19(2)13(21)12(17)8-20)6-15(18,14(22)23)11(9)4-3-5-16(24)25/h9-12,20,24-25H,3-8,17-18H2,1-2H3,(H,22,23)/t9-,10+,11+,12+,15+/m1/s1. The highest BCUT2D eigenvalue weighted by Crippen LogP contribution is 2.46. The van der Waals surface area contributed by atoms with Crippen LogP contribution in [0.3, 0.4) is 0 Å². The molecule has 0 saturated heterocycles. The van der Waals surface area contributed by atoms with Crippen LogP contribution in [0.25, 0.3) is 0 Å². The molecule has 1 aliphatic carbocycles. The number of hydrogen-bond donors (Lipinski definition) is 6. The monoisotopic (exact) mass is 359 g/mol. The van der Waals surface area contributed by atoms with Crippen LogP contribution >= 0.6 is 0 Å². The second-order valence-electron chi connectivity index (χ2n) is 7.19. The van der Waals surface area contributed by atoms with E-state index in [1.807, 2.05) is 6.92 Å². The van der Waals surface area contributed by atoms with Gasteiger partial charge in [-0.2, -0.15) is 0 Å². The fourth-order valence-electron chi connectivity index (χ4n) is 3.89. The van der Waals surface area contributed by atoms with Gasteiger partial charge in [0.15, 0.2) is 0 Å². The predicted octanol–water partition coefficient (Wildman–Crippen LogP) is -1.93. The molecule has 0 aromatic carbocycles. The average molecular weight is 359 g/mol. The van der Waals surface area contributed by atoms with Crippen molar-refractivity contribution in [2.24, 2.45) is 29.2 Å². The quantitative estimate of drug-likeness (QED) is 0.259. The van der Waals surface area contributed by atoms with Crippen molar-refractivity contribution in [1.82, 2.24) is 4.90 Å². The van der Waals surface area contributed by atoms with Gasteiger partial charge in [0.2, 0.25) is 5.91 Å². The molecule has 1 rings (SSSR count). The van der Waals surface area contributed by atoms with Crippen molar-refractivity contribution in [2.45, 2.75) is 44.1 Å². The van der Waals surface area contributed by atoms with Crippen LogP contribution in [0.15, 0.2) is 0 Å².